The highest BCUT2D eigenvalue weighted by Crippen LogP contribution is 2.22. The lowest BCUT2D eigenvalue weighted by atomic mass is 10.0. The summed E-state index contributed by atoms with van der Waals surface area (Å²) in [7, 11) is 0. The topological polar surface area (TPSA) is 100 Å². The fraction of sp³-hybridized carbons (Fsp3) is 0.292. The molecule has 1 unspecified atom stereocenters. The zero-order valence-corrected chi connectivity index (χ0v) is 18.1. The number of esters is 1. The van der Waals surface area contributed by atoms with Crippen molar-refractivity contribution in [3.63, 3.8) is 0 Å². The number of carbonyl (C=O) groups excluding carboxylic acids is 3. The lowest BCUT2D eigenvalue weighted by molar-refractivity contribution is -0.125. The summed E-state index contributed by atoms with van der Waals surface area (Å²) in [6.07, 6.45) is 0.376. The van der Waals surface area contributed by atoms with E-state index in [2.05, 4.69) is 15.6 Å². The molecule has 3 N–H and O–H groups in total. The Balaban J connectivity index is 1.76. The molecule has 0 radical (unpaired) electrons. The molecule has 1 heterocycles. The summed E-state index contributed by atoms with van der Waals surface area (Å²) in [5, 5.41) is 6.32. The molecule has 0 saturated heterocycles. The Hall–Kier alpha value is -3.61. The number of fused-ring (bicyclic) bond motifs is 1. The Labute approximate surface area is 181 Å². The van der Waals surface area contributed by atoms with Gasteiger partial charge in [-0.1, -0.05) is 30.3 Å². The van der Waals surface area contributed by atoms with Gasteiger partial charge in [-0.25, -0.2) is 4.79 Å². The molecule has 2 aromatic carbocycles. The Morgan fingerprint density at radius 3 is 2.39 bits per heavy atom. The second kappa shape index (κ2) is 9.04. The zero-order valence-electron chi connectivity index (χ0n) is 18.1. The first-order valence-corrected chi connectivity index (χ1v) is 10.1. The molecule has 3 aromatic rings. The van der Waals surface area contributed by atoms with Crippen molar-refractivity contribution in [1.82, 2.24) is 10.3 Å². The van der Waals surface area contributed by atoms with Gasteiger partial charge in [0.05, 0.1) is 0 Å². The number of aromatic nitrogens is 1. The van der Waals surface area contributed by atoms with Crippen molar-refractivity contribution in [3.8, 4) is 0 Å². The molecule has 0 aliphatic rings. The van der Waals surface area contributed by atoms with Crippen molar-refractivity contribution in [2.75, 3.05) is 5.32 Å². The molecule has 0 spiro atoms. The van der Waals surface area contributed by atoms with Gasteiger partial charge in [-0.2, -0.15) is 0 Å². The largest absolute Gasteiger partial charge is 0.455 e. The van der Waals surface area contributed by atoms with E-state index in [0.29, 0.717) is 17.8 Å². The van der Waals surface area contributed by atoms with Crippen molar-refractivity contribution in [1.29, 1.82) is 0 Å². The fourth-order valence-electron chi connectivity index (χ4n) is 3.19. The average Bonchev–Trinajstić information content (AvgIpc) is 3.10. The second-order valence-corrected chi connectivity index (χ2v) is 8.42. The summed E-state index contributed by atoms with van der Waals surface area (Å²) in [5.74, 6) is -1.04. The molecule has 162 valence electrons. The van der Waals surface area contributed by atoms with Crippen LogP contribution >= 0.6 is 0 Å². The highest BCUT2D eigenvalue weighted by atomic mass is 16.6. The number of aromatic amines is 1. The highest BCUT2D eigenvalue weighted by molar-refractivity contribution is 6.00. The van der Waals surface area contributed by atoms with E-state index in [9.17, 15) is 14.4 Å². The molecular weight excluding hydrogens is 394 g/mol. The molecule has 0 saturated carbocycles. The minimum Gasteiger partial charge on any atom is -0.455 e. The minimum atomic E-state index is -0.709. The number of rotatable bonds is 6. The van der Waals surface area contributed by atoms with Crippen LogP contribution in [0.2, 0.25) is 0 Å². The van der Waals surface area contributed by atoms with Gasteiger partial charge >= 0.3 is 5.97 Å². The van der Waals surface area contributed by atoms with Crippen LogP contribution in [-0.2, 0) is 20.7 Å². The Morgan fingerprint density at radius 1 is 1.03 bits per heavy atom. The average molecular weight is 421 g/mol. The van der Waals surface area contributed by atoms with Gasteiger partial charge in [-0.05, 0) is 50.6 Å². The van der Waals surface area contributed by atoms with Gasteiger partial charge in [0, 0.05) is 29.9 Å². The molecule has 1 aromatic heterocycles. The van der Waals surface area contributed by atoms with Crippen LogP contribution in [-0.4, -0.2) is 34.4 Å². The lowest BCUT2D eigenvalue weighted by Gasteiger charge is -2.18. The SMILES string of the molecule is CC(=O)NC(Cc1ccccc1)C(=O)Nc1ccc2[nH]c(C(=O)OC(C)(C)C)cc2c1. The molecule has 31 heavy (non-hydrogen) atoms. The lowest BCUT2D eigenvalue weighted by Crippen LogP contribution is -2.44. The summed E-state index contributed by atoms with van der Waals surface area (Å²) in [6, 6.07) is 15.8. The first-order chi connectivity index (χ1) is 14.6. The zero-order chi connectivity index (χ0) is 22.6. The maximum absolute atomic E-state index is 12.9. The van der Waals surface area contributed by atoms with Crippen LogP contribution in [0.4, 0.5) is 5.69 Å². The number of anilines is 1. The van der Waals surface area contributed by atoms with Gasteiger partial charge in [-0.15, -0.1) is 0 Å². The maximum atomic E-state index is 12.9. The van der Waals surface area contributed by atoms with Gasteiger partial charge < -0.3 is 20.4 Å². The van der Waals surface area contributed by atoms with Crippen LogP contribution < -0.4 is 10.6 Å². The number of ether oxygens (including phenoxy) is 1. The quantitative estimate of drug-likeness (QED) is 0.527. The Morgan fingerprint density at radius 2 is 1.74 bits per heavy atom. The molecule has 0 aliphatic heterocycles. The number of nitrogens with one attached hydrogen (secondary N) is 3. The minimum absolute atomic E-state index is 0.279. The van der Waals surface area contributed by atoms with Crippen LogP contribution in [0.3, 0.4) is 0 Å². The van der Waals surface area contributed by atoms with Crippen LogP contribution in [0.25, 0.3) is 10.9 Å². The molecule has 0 bridgehead atoms. The number of H-pyrrole nitrogens is 1. The van der Waals surface area contributed by atoms with Gasteiger partial charge in [0.15, 0.2) is 0 Å². The predicted molar refractivity (Wildman–Crippen MR) is 120 cm³/mol. The first kappa shape index (κ1) is 22.1. The van der Waals surface area contributed by atoms with E-state index in [-0.39, 0.29) is 11.8 Å². The molecule has 1 atom stereocenters. The van der Waals surface area contributed by atoms with Crippen LogP contribution in [0.5, 0.6) is 0 Å². The summed E-state index contributed by atoms with van der Waals surface area (Å²) in [4.78, 5) is 39.8. The number of hydrogen-bond donors (Lipinski definition) is 3. The highest BCUT2D eigenvalue weighted by Gasteiger charge is 2.21. The van der Waals surface area contributed by atoms with E-state index in [1.165, 1.54) is 6.92 Å². The van der Waals surface area contributed by atoms with E-state index < -0.39 is 17.6 Å². The summed E-state index contributed by atoms with van der Waals surface area (Å²) in [5.41, 5.74) is 2.01. The van der Waals surface area contributed by atoms with E-state index in [0.717, 1.165) is 16.5 Å². The predicted octanol–water partition coefficient (Wildman–Crippen LogP) is 3.81. The van der Waals surface area contributed by atoms with Crippen LogP contribution in [0.1, 0.15) is 43.7 Å². The molecule has 2 amide bonds. The van der Waals surface area contributed by atoms with Gasteiger partial charge in [-0.3, -0.25) is 9.59 Å². The first-order valence-electron chi connectivity index (χ1n) is 10.1. The van der Waals surface area contributed by atoms with Crippen molar-refractivity contribution in [3.05, 3.63) is 65.9 Å². The normalized spacial score (nSPS) is 12.3. The monoisotopic (exact) mass is 421 g/mol. The van der Waals surface area contributed by atoms with Gasteiger partial charge in [0.25, 0.3) is 0 Å². The molecule has 0 fully saturated rings. The van der Waals surface area contributed by atoms with Crippen molar-refractivity contribution < 1.29 is 19.1 Å². The summed E-state index contributed by atoms with van der Waals surface area (Å²) < 4.78 is 5.39. The van der Waals surface area contributed by atoms with Gasteiger partial charge in [0.1, 0.15) is 17.3 Å². The third-order valence-corrected chi connectivity index (χ3v) is 4.48. The smallest absolute Gasteiger partial charge is 0.355 e. The Bertz CT molecular complexity index is 1100. The van der Waals surface area contributed by atoms with E-state index in [4.69, 9.17) is 4.74 Å². The number of carbonyl (C=O) groups is 3. The third kappa shape index (κ3) is 6.18. The second-order valence-electron chi connectivity index (χ2n) is 8.42. The van der Waals surface area contributed by atoms with Crippen molar-refractivity contribution >= 4 is 34.4 Å². The van der Waals surface area contributed by atoms with Crippen molar-refractivity contribution in [2.45, 2.75) is 45.8 Å². The molecule has 7 heteroatoms. The molecule has 3 rings (SSSR count). The van der Waals surface area contributed by atoms with E-state index >= 15 is 0 Å². The number of hydrogen-bond acceptors (Lipinski definition) is 4. The van der Waals surface area contributed by atoms with Crippen molar-refractivity contribution in [2.24, 2.45) is 0 Å². The van der Waals surface area contributed by atoms with Crippen LogP contribution in [0.15, 0.2) is 54.6 Å². The fourth-order valence-corrected chi connectivity index (χ4v) is 3.19. The molecular formula is C24H27N3O4. The molecule has 7 nitrogen and oxygen atoms in total. The maximum Gasteiger partial charge on any atom is 0.355 e. The Kier molecular flexibility index (Phi) is 6.44. The number of benzene rings is 2. The van der Waals surface area contributed by atoms with Gasteiger partial charge in [0.2, 0.25) is 11.8 Å². The molecule has 0 aliphatic carbocycles. The summed E-state index contributed by atoms with van der Waals surface area (Å²) in [6.45, 7) is 6.81. The third-order valence-electron chi connectivity index (χ3n) is 4.48. The standard InChI is InChI=1S/C24H27N3O4/c1-15(28)25-20(12-16-8-6-5-7-9-16)22(29)26-18-10-11-19-17(13-18)14-21(27-19)23(30)31-24(2,3)4/h5-11,13-14,20,27H,12H2,1-4H3,(H,25,28)(H,26,29). The summed E-state index contributed by atoms with van der Waals surface area (Å²) >= 11 is 0. The van der Waals surface area contributed by atoms with E-state index in [1.807, 2.05) is 51.1 Å². The number of amides is 2. The van der Waals surface area contributed by atoms with E-state index in [1.54, 1.807) is 24.3 Å². The van der Waals surface area contributed by atoms with Crippen LogP contribution in [0, 0.1) is 0 Å².